The van der Waals surface area contributed by atoms with Crippen LogP contribution in [-0.4, -0.2) is 40.1 Å². The Balaban J connectivity index is 1.89. The molecular weight excluding hydrogens is 306 g/mol. The van der Waals surface area contributed by atoms with Gasteiger partial charge in [-0.3, -0.25) is 15.2 Å². The quantitative estimate of drug-likeness (QED) is 0.761. The van der Waals surface area contributed by atoms with Gasteiger partial charge < -0.3 is 10.2 Å². The fraction of sp³-hybridized carbons (Fsp3) is 0.353. The summed E-state index contributed by atoms with van der Waals surface area (Å²) in [5.41, 5.74) is 2.44. The third-order valence-electron chi connectivity index (χ3n) is 3.63. The van der Waals surface area contributed by atoms with E-state index in [0.717, 1.165) is 11.3 Å². The number of amides is 3. The standard InChI is InChI=1S/C17H23N5O2/c1-4-22(5-2)16(23)11-13-6-8-14(9-7-13)18-17(24)19-15-10-12(3)20-21-15/h6-10H,4-5,11H2,1-3H3,(H3,18,19,20,21,24). The van der Waals surface area contributed by atoms with Crippen LogP contribution >= 0.6 is 0 Å². The number of urea groups is 1. The summed E-state index contributed by atoms with van der Waals surface area (Å²) in [6.45, 7) is 7.21. The molecule has 24 heavy (non-hydrogen) atoms. The molecule has 0 aliphatic rings. The Kier molecular flexibility index (Phi) is 5.95. The molecule has 0 aliphatic carbocycles. The van der Waals surface area contributed by atoms with Gasteiger partial charge in [0.1, 0.15) is 0 Å². The van der Waals surface area contributed by atoms with E-state index < -0.39 is 0 Å². The zero-order valence-corrected chi connectivity index (χ0v) is 14.2. The fourth-order valence-electron chi connectivity index (χ4n) is 2.33. The van der Waals surface area contributed by atoms with Gasteiger partial charge in [0, 0.05) is 30.5 Å². The van der Waals surface area contributed by atoms with Crippen LogP contribution in [0.4, 0.5) is 16.3 Å². The Bertz CT molecular complexity index is 689. The summed E-state index contributed by atoms with van der Waals surface area (Å²) in [6.07, 6.45) is 0.362. The first-order valence-corrected chi connectivity index (χ1v) is 7.98. The third kappa shape index (κ3) is 4.84. The summed E-state index contributed by atoms with van der Waals surface area (Å²) in [7, 11) is 0. The van der Waals surface area contributed by atoms with Gasteiger partial charge in [-0.15, -0.1) is 0 Å². The Morgan fingerprint density at radius 1 is 1.12 bits per heavy atom. The van der Waals surface area contributed by atoms with E-state index in [2.05, 4.69) is 20.8 Å². The second kappa shape index (κ2) is 8.14. The van der Waals surface area contributed by atoms with Crippen LogP contribution in [-0.2, 0) is 11.2 Å². The topological polar surface area (TPSA) is 90.1 Å². The van der Waals surface area contributed by atoms with Crippen molar-refractivity contribution in [2.45, 2.75) is 27.2 Å². The van der Waals surface area contributed by atoms with E-state index in [-0.39, 0.29) is 11.9 Å². The lowest BCUT2D eigenvalue weighted by atomic mass is 10.1. The van der Waals surface area contributed by atoms with E-state index in [4.69, 9.17) is 0 Å². The van der Waals surface area contributed by atoms with Crippen LogP contribution in [0.5, 0.6) is 0 Å². The molecular formula is C17H23N5O2. The number of aryl methyl sites for hydroxylation is 1. The number of benzene rings is 1. The number of hydrogen-bond donors (Lipinski definition) is 3. The van der Waals surface area contributed by atoms with E-state index in [1.807, 2.05) is 32.9 Å². The maximum absolute atomic E-state index is 12.1. The molecule has 3 amide bonds. The lowest BCUT2D eigenvalue weighted by Crippen LogP contribution is -2.31. The maximum Gasteiger partial charge on any atom is 0.324 e. The molecule has 0 saturated carbocycles. The van der Waals surface area contributed by atoms with Gasteiger partial charge in [-0.2, -0.15) is 5.10 Å². The first-order valence-electron chi connectivity index (χ1n) is 7.98. The van der Waals surface area contributed by atoms with E-state index in [1.165, 1.54) is 0 Å². The number of hydrogen-bond acceptors (Lipinski definition) is 3. The van der Waals surface area contributed by atoms with Gasteiger partial charge in [0.15, 0.2) is 5.82 Å². The second-order valence-electron chi connectivity index (χ2n) is 5.46. The highest BCUT2D eigenvalue weighted by atomic mass is 16.2. The smallest absolute Gasteiger partial charge is 0.324 e. The number of carbonyl (C=O) groups is 2. The van der Waals surface area contributed by atoms with Gasteiger partial charge in [0.2, 0.25) is 5.91 Å². The predicted octanol–water partition coefficient (Wildman–Crippen LogP) is 2.77. The SMILES string of the molecule is CCN(CC)C(=O)Cc1ccc(NC(=O)Nc2cc(C)[nH]n2)cc1. The summed E-state index contributed by atoms with van der Waals surface area (Å²) in [5.74, 6) is 0.568. The van der Waals surface area contributed by atoms with Crippen molar-refractivity contribution in [1.29, 1.82) is 0 Å². The minimum Gasteiger partial charge on any atom is -0.343 e. The molecule has 128 valence electrons. The number of aromatic amines is 1. The molecule has 0 atom stereocenters. The molecule has 0 fully saturated rings. The van der Waals surface area contributed by atoms with Gasteiger partial charge in [0.25, 0.3) is 0 Å². The minimum absolute atomic E-state index is 0.104. The van der Waals surface area contributed by atoms with Crippen LogP contribution in [0.1, 0.15) is 25.1 Å². The Morgan fingerprint density at radius 3 is 2.33 bits per heavy atom. The molecule has 0 unspecified atom stereocenters. The van der Waals surface area contributed by atoms with Crippen LogP contribution in [0.15, 0.2) is 30.3 Å². The lowest BCUT2D eigenvalue weighted by molar-refractivity contribution is -0.130. The zero-order valence-electron chi connectivity index (χ0n) is 14.2. The summed E-state index contributed by atoms with van der Waals surface area (Å²) in [6, 6.07) is 8.61. The van der Waals surface area contributed by atoms with Crippen molar-refractivity contribution in [3.8, 4) is 0 Å². The van der Waals surface area contributed by atoms with Crippen molar-refractivity contribution in [3.63, 3.8) is 0 Å². The first kappa shape index (κ1) is 17.5. The third-order valence-corrected chi connectivity index (χ3v) is 3.63. The molecule has 3 N–H and O–H groups in total. The number of nitrogens with zero attached hydrogens (tertiary/aromatic N) is 2. The van der Waals surface area contributed by atoms with Crippen molar-refractivity contribution in [2.24, 2.45) is 0 Å². The van der Waals surface area contributed by atoms with Crippen molar-refractivity contribution in [2.75, 3.05) is 23.7 Å². The van der Waals surface area contributed by atoms with E-state index in [0.29, 0.717) is 31.0 Å². The Morgan fingerprint density at radius 2 is 1.79 bits per heavy atom. The van der Waals surface area contributed by atoms with Crippen LogP contribution in [0.3, 0.4) is 0 Å². The van der Waals surface area contributed by atoms with Crippen LogP contribution < -0.4 is 10.6 Å². The van der Waals surface area contributed by atoms with Crippen molar-refractivity contribution < 1.29 is 9.59 Å². The molecule has 1 aromatic heterocycles. The van der Waals surface area contributed by atoms with Gasteiger partial charge in [-0.1, -0.05) is 12.1 Å². The summed E-state index contributed by atoms with van der Waals surface area (Å²) in [4.78, 5) is 25.8. The molecule has 2 rings (SSSR count). The Hall–Kier alpha value is -2.83. The molecule has 7 nitrogen and oxygen atoms in total. The minimum atomic E-state index is -0.367. The van der Waals surface area contributed by atoms with E-state index in [9.17, 15) is 9.59 Å². The number of carbonyl (C=O) groups excluding carboxylic acids is 2. The highest BCUT2D eigenvalue weighted by molar-refractivity contribution is 5.99. The first-order chi connectivity index (χ1) is 11.5. The molecule has 0 saturated heterocycles. The molecule has 7 heteroatoms. The van der Waals surface area contributed by atoms with E-state index in [1.54, 1.807) is 23.1 Å². The average molecular weight is 329 g/mol. The second-order valence-corrected chi connectivity index (χ2v) is 5.46. The predicted molar refractivity (Wildman–Crippen MR) is 94.0 cm³/mol. The summed E-state index contributed by atoms with van der Waals surface area (Å²) in [5, 5.41) is 12.1. The normalized spacial score (nSPS) is 10.3. The summed E-state index contributed by atoms with van der Waals surface area (Å²) < 4.78 is 0. The van der Waals surface area contributed by atoms with Gasteiger partial charge >= 0.3 is 6.03 Å². The average Bonchev–Trinajstić information content (AvgIpc) is 2.95. The molecule has 0 bridgehead atoms. The zero-order chi connectivity index (χ0) is 17.5. The van der Waals surface area contributed by atoms with Crippen LogP contribution in [0, 0.1) is 6.92 Å². The number of likely N-dealkylation sites (N-methyl/N-ethyl adjacent to an activating group) is 1. The molecule has 0 radical (unpaired) electrons. The number of rotatable bonds is 6. The Labute approximate surface area is 141 Å². The molecule has 0 aliphatic heterocycles. The van der Waals surface area contributed by atoms with Gasteiger partial charge in [-0.25, -0.2) is 4.79 Å². The van der Waals surface area contributed by atoms with Crippen molar-refractivity contribution >= 4 is 23.4 Å². The fourth-order valence-corrected chi connectivity index (χ4v) is 2.33. The maximum atomic E-state index is 12.1. The van der Waals surface area contributed by atoms with E-state index >= 15 is 0 Å². The molecule has 1 heterocycles. The lowest BCUT2D eigenvalue weighted by Gasteiger charge is -2.18. The van der Waals surface area contributed by atoms with Crippen molar-refractivity contribution in [3.05, 3.63) is 41.6 Å². The largest absolute Gasteiger partial charge is 0.343 e. The number of H-pyrrole nitrogens is 1. The van der Waals surface area contributed by atoms with Crippen LogP contribution in [0.25, 0.3) is 0 Å². The molecule has 2 aromatic rings. The van der Waals surface area contributed by atoms with Crippen LogP contribution in [0.2, 0.25) is 0 Å². The summed E-state index contributed by atoms with van der Waals surface area (Å²) >= 11 is 0. The molecule has 1 aromatic carbocycles. The number of anilines is 2. The number of nitrogens with one attached hydrogen (secondary N) is 3. The van der Waals surface area contributed by atoms with Gasteiger partial charge in [0.05, 0.1) is 6.42 Å². The monoisotopic (exact) mass is 329 g/mol. The van der Waals surface area contributed by atoms with Crippen molar-refractivity contribution in [1.82, 2.24) is 15.1 Å². The highest BCUT2D eigenvalue weighted by Crippen LogP contribution is 2.12. The number of aromatic nitrogens is 2. The highest BCUT2D eigenvalue weighted by Gasteiger charge is 2.10. The molecule has 0 spiro atoms. The van der Waals surface area contributed by atoms with Gasteiger partial charge in [-0.05, 0) is 38.5 Å².